The van der Waals surface area contributed by atoms with E-state index in [-0.39, 0.29) is 18.0 Å². The lowest BCUT2D eigenvalue weighted by atomic mass is 9.80. The van der Waals surface area contributed by atoms with Crippen LogP contribution < -0.4 is 10.6 Å². The van der Waals surface area contributed by atoms with Crippen LogP contribution in [0, 0.1) is 17.8 Å². The van der Waals surface area contributed by atoms with E-state index in [1.54, 1.807) is 0 Å². The monoisotopic (exact) mass is 296 g/mol. The van der Waals surface area contributed by atoms with Crippen LogP contribution in [0.1, 0.15) is 58.3 Å². The van der Waals surface area contributed by atoms with Crippen LogP contribution in [0.4, 0.5) is 4.79 Å². The van der Waals surface area contributed by atoms with Crippen LogP contribution in [0.3, 0.4) is 0 Å². The first-order valence-electron chi connectivity index (χ1n) is 8.33. The zero-order valence-electron chi connectivity index (χ0n) is 12.9. The van der Waals surface area contributed by atoms with Gasteiger partial charge in [0.05, 0.1) is 5.92 Å². The van der Waals surface area contributed by atoms with Gasteiger partial charge in [0.25, 0.3) is 0 Å². The van der Waals surface area contributed by atoms with Crippen LogP contribution >= 0.6 is 0 Å². The highest BCUT2D eigenvalue weighted by Gasteiger charge is 2.28. The molecular weight excluding hydrogens is 268 g/mol. The average Bonchev–Trinajstić information content (AvgIpc) is 2.46. The summed E-state index contributed by atoms with van der Waals surface area (Å²) < 4.78 is 0. The lowest BCUT2D eigenvalue weighted by Crippen LogP contribution is -2.46. The predicted octanol–water partition coefficient (Wildman–Crippen LogP) is 2.76. The van der Waals surface area contributed by atoms with E-state index in [1.807, 2.05) is 0 Å². The van der Waals surface area contributed by atoms with Gasteiger partial charge in [-0.3, -0.25) is 4.79 Å². The summed E-state index contributed by atoms with van der Waals surface area (Å²) in [7, 11) is 0. The van der Waals surface area contributed by atoms with Crippen molar-refractivity contribution in [2.24, 2.45) is 17.8 Å². The fourth-order valence-electron chi connectivity index (χ4n) is 3.70. The second kappa shape index (κ2) is 7.66. The standard InChI is InChI=1S/C16H28N2O3/c1-11-5-2-3-6-13(11)10-17-16(21)18-14-8-4-7-12(9-14)15(19)20/h11-14H,2-10H2,1H3,(H,19,20)(H2,17,18,21). The molecule has 2 aliphatic rings. The minimum absolute atomic E-state index is 0.00336. The van der Waals surface area contributed by atoms with Crippen LogP contribution in [-0.2, 0) is 4.79 Å². The summed E-state index contributed by atoms with van der Waals surface area (Å²) in [5, 5.41) is 15.0. The van der Waals surface area contributed by atoms with Crippen LogP contribution in [0.15, 0.2) is 0 Å². The quantitative estimate of drug-likeness (QED) is 0.746. The molecule has 0 radical (unpaired) electrons. The van der Waals surface area contributed by atoms with Crippen molar-refractivity contribution in [1.82, 2.24) is 10.6 Å². The van der Waals surface area contributed by atoms with Crippen molar-refractivity contribution in [3.63, 3.8) is 0 Å². The first-order valence-corrected chi connectivity index (χ1v) is 8.33. The number of amides is 2. The zero-order chi connectivity index (χ0) is 15.2. The van der Waals surface area contributed by atoms with Crippen LogP contribution in [0.2, 0.25) is 0 Å². The molecule has 21 heavy (non-hydrogen) atoms. The Labute approximate surface area is 126 Å². The number of hydrogen-bond donors (Lipinski definition) is 3. The molecule has 2 rings (SSSR count). The number of carbonyl (C=O) groups is 2. The Hall–Kier alpha value is -1.26. The first kappa shape index (κ1) is 16.1. The van der Waals surface area contributed by atoms with Crippen molar-refractivity contribution in [3.8, 4) is 0 Å². The molecule has 5 nitrogen and oxygen atoms in total. The molecule has 0 bridgehead atoms. The number of carbonyl (C=O) groups excluding carboxylic acids is 1. The van der Waals surface area contributed by atoms with E-state index in [4.69, 9.17) is 5.11 Å². The van der Waals surface area contributed by atoms with E-state index in [1.165, 1.54) is 25.7 Å². The number of nitrogens with one attached hydrogen (secondary N) is 2. The molecule has 0 aliphatic heterocycles. The molecule has 0 aromatic heterocycles. The lowest BCUT2D eigenvalue weighted by molar-refractivity contribution is -0.143. The van der Waals surface area contributed by atoms with Gasteiger partial charge in [-0.2, -0.15) is 0 Å². The molecule has 0 heterocycles. The van der Waals surface area contributed by atoms with E-state index in [9.17, 15) is 9.59 Å². The summed E-state index contributed by atoms with van der Waals surface area (Å²) in [6, 6.07) is -0.132. The summed E-state index contributed by atoms with van der Waals surface area (Å²) in [4.78, 5) is 23.0. The van der Waals surface area contributed by atoms with E-state index >= 15 is 0 Å². The van der Waals surface area contributed by atoms with Gasteiger partial charge in [0.15, 0.2) is 0 Å². The van der Waals surface area contributed by atoms with Crippen molar-refractivity contribution >= 4 is 12.0 Å². The van der Waals surface area contributed by atoms with E-state index in [2.05, 4.69) is 17.6 Å². The predicted molar refractivity (Wildman–Crippen MR) is 81.0 cm³/mol. The number of hydrogen-bond acceptors (Lipinski definition) is 2. The van der Waals surface area contributed by atoms with E-state index in [0.717, 1.165) is 25.8 Å². The Kier molecular flexibility index (Phi) is 5.88. The smallest absolute Gasteiger partial charge is 0.315 e. The van der Waals surface area contributed by atoms with Gasteiger partial charge in [0.1, 0.15) is 0 Å². The van der Waals surface area contributed by atoms with Crippen molar-refractivity contribution in [2.75, 3.05) is 6.54 Å². The van der Waals surface area contributed by atoms with Gasteiger partial charge in [0.2, 0.25) is 0 Å². The van der Waals surface area contributed by atoms with Crippen molar-refractivity contribution in [2.45, 2.75) is 64.3 Å². The molecule has 2 amide bonds. The van der Waals surface area contributed by atoms with Crippen molar-refractivity contribution < 1.29 is 14.7 Å². The fourth-order valence-corrected chi connectivity index (χ4v) is 3.70. The molecule has 4 atom stereocenters. The highest BCUT2D eigenvalue weighted by molar-refractivity contribution is 5.74. The third kappa shape index (κ3) is 4.90. The second-order valence-electron chi connectivity index (χ2n) is 6.77. The van der Waals surface area contributed by atoms with Gasteiger partial charge < -0.3 is 15.7 Å². The molecule has 0 spiro atoms. The Balaban J connectivity index is 1.70. The summed E-state index contributed by atoms with van der Waals surface area (Å²) in [5.41, 5.74) is 0. The minimum Gasteiger partial charge on any atom is -0.481 e. The molecule has 0 aromatic rings. The molecule has 0 saturated heterocycles. The van der Waals surface area contributed by atoms with Crippen molar-refractivity contribution in [3.05, 3.63) is 0 Å². The number of aliphatic carboxylic acids is 1. The molecule has 3 N–H and O–H groups in total. The molecule has 4 unspecified atom stereocenters. The normalized spacial score (nSPS) is 33.2. The van der Waals surface area contributed by atoms with Gasteiger partial charge in [-0.05, 0) is 37.5 Å². The summed E-state index contributed by atoms with van der Waals surface area (Å²) in [6.45, 7) is 3.00. The maximum atomic E-state index is 12.0. The Morgan fingerprint density at radius 1 is 1.10 bits per heavy atom. The topological polar surface area (TPSA) is 78.4 Å². The fraction of sp³-hybridized carbons (Fsp3) is 0.875. The van der Waals surface area contributed by atoms with E-state index < -0.39 is 5.97 Å². The van der Waals surface area contributed by atoms with Crippen molar-refractivity contribution in [1.29, 1.82) is 0 Å². The van der Waals surface area contributed by atoms with Crippen LogP contribution in [0.25, 0.3) is 0 Å². The maximum Gasteiger partial charge on any atom is 0.315 e. The molecule has 2 fully saturated rings. The Morgan fingerprint density at radius 3 is 2.57 bits per heavy atom. The van der Waals surface area contributed by atoms with Gasteiger partial charge in [-0.25, -0.2) is 4.79 Å². The number of carboxylic acids is 1. The van der Waals surface area contributed by atoms with Crippen LogP contribution in [-0.4, -0.2) is 29.7 Å². The van der Waals surface area contributed by atoms with Crippen LogP contribution in [0.5, 0.6) is 0 Å². The number of urea groups is 1. The summed E-state index contributed by atoms with van der Waals surface area (Å²) >= 11 is 0. The average molecular weight is 296 g/mol. The third-order valence-corrected chi connectivity index (χ3v) is 5.17. The SMILES string of the molecule is CC1CCCCC1CNC(=O)NC1CCCC(C(=O)O)C1. The molecule has 0 aromatic carbocycles. The van der Waals surface area contributed by atoms with Gasteiger partial charge >= 0.3 is 12.0 Å². The third-order valence-electron chi connectivity index (χ3n) is 5.17. The Bertz CT molecular complexity index is 373. The summed E-state index contributed by atoms with van der Waals surface area (Å²) in [6.07, 6.45) is 8.09. The van der Waals surface area contributed by atoms with Gasteiger partial charge in [-0.15, -0.1) is 0 Å². The lowest BCUT2D eigenvalue weighted by Gasteiger charge is -2.30. The van der Waals surface area contributed by atoms with Gasteiger partial charge in [-0.1, -0.05) is 32.6 Å². The summed E-state index contributed by atoms with van der Waals surface area (Å²) in [5.74, 6) is 0.230. The number of carboxylic acid groups (broad SMARTS) is 1. The number of rotatable bonds is 4. The molecule has 2 aliphatic carbocycles. The first-order chi connectivity index (χ1) is 10.1. The highest BCUT2D eigenvalue weighted by Crippen LogP contribution is 2.29. The molecule has 2 saturated carbocycles. The van der Waals surface area contributed by atoms with E-state index in [0.29, 0.717) is 18.3 Å². The molecule has 120 valence electrons. The molecular formula is C16H28N2O3. The Morgan fingerprint density at radius 2 is 1.86 bits per heavy atom. The zero-order valence-corrected chi connectivity index (χ0v) is 12.9. The minimum atomic E-state index is -0.738. The molecule has 5 heteroatoms. The second-order valence-corrected chi connectivity index (χ2v) is 6.77. The maximum absolute atomic E-state index is 12.0. The van der Waals surface area contributed by atoms with Gasteiger partial charge in [0, 0.05) is 12.6 Å². The largest absolute Gasteiger partial charge is 0.481 e. The highest BCUT2D eigenvalue weighted by atomic mass is 16.4.